The fourth-order valence-electron chi connectivity index (χ4n) is 2.12. The van der Waals surface area contributed by atoms with Gasteiger partial charge in [0.15, 0.2) is 5.78 Å². The number of ketones is 1. The molecular weight excluding hydrogens is 236 g/mol. The summed E-state index contributed by atoms with van der Waals surface area (Å²) < 4.78 is 0. The monoisotopic (exact) mass is 246 g/mol. The van der Waals surface area contributed by atoms with Crippen LogP contribution in [0.3, 0.4) is 0 Å². The maximum absolute atomic E-state index is 12.4. The van der Waals surface area contributed by atoms with E-state index in [0.717, 1.165) is 10.9 Å². The molecule has 3 heteroatoms. The number of nitriles is 1. The number of carbonyl (C=O) groups is 1. The van der Waals surface area contributed by atoms with Gasteiger partial charge in [-0.15, -0.1) is 0 Å². The van der Waals surface area contributed by atoms with Crippen molar-refractivity contribution < 1.29 is 4.79 Å². The number of nitrogens with one attached hydrogen (secondary N) is 1. The minimum absolute atomic E-state index is 0.0399. The number of hydrogen-bond acceptors (Lipinski definition) is 2. The summed E-state index contributed by atoms with van der Waals surface area (Å²) in [6.07, 6.45) is 1.70. The lowest BCUT2D eigenvalue weighted by molar-refractivity contribution is 0.104. The number of nitrogens with zero attached hydrogens (tertiary/aromatic N) is 1. The number of hydrogen-bond donors (Lipinski definition) is 1. The summed E-state index contributed by atoms with van der Waals surface area (Å²) in [6.45, 7) is 0. The van der Waals surface area contributed by atoms with E-state index in [0.29, 0.717) is 16.7 Å². The number of fused-ring (bicyclic) bond motifs is 1. The van der Waals surface area contributed by atoms with E-state index >= 15 is 0 Å². The normalized spacial score (nSPS) is 10.3. The summed E-state index contributed by atoms with van der Waals surface area (Å²) >= 11 is 0. The Bertz CT molecular complexity index is 794. The lowest BCUT2D eigenvalue weighted by atomic mass is 10.0. The van der Waals surface area contributed by atoms with E-state index in [2.05, 4.69) is 11.1 Å². The van der Waals surface area contributed by atoms with Crippen molar-refractivity contribution in [3.05, 3.63) is 71.4 Å². The lowest BCUT2D eigenvalue weighted by Gasteiger charge is -1.99. The number of H-pyrrole nitrogens is 1. The van der Waals surface area contributed by atoms with E-state index in [1.165, 1.54) is 0 Å². The molecule has 90 valence electrons. The highest BCUT2D eigenvalue weighted by atomic mass is 16.1. The van der Waals surface area contributed by atoms with Crippen LogP contribution in [0.4, 0.5) is 0 Å². The number of aromatic amines is 1. The molecule has 0 saturated carbocycles. The van der Waals surface area contributed by atoms with Gasteiger partial charge in [0.05, 0.1) is 11.6 Å². The fourth-order valence-corrected chi connectivity index (χ4v) is 2.12. The maximum atomic E-state index is 12.4. The molecule has 0 bridgehead atoms. The summed E-state index contributed by atoms with van der Waals surface area (Å²) in [4.78, 5) is 15.5. The molecule has 3 rings (SSSR count). The van der Waals surface area contributed by atoms with Crippen LogP contribution in [0.15, 0.2) is 54.7 Å². The second-order valence-corrected chi connectivity index (χ2v) is 4.27. The molecule has 0 aliphatic rings. The molecular formula is C16H10N2O. The van der Waals surface area contributed by atoms with Gasteiger partial charge in [-0.1, -0.05) is 30.3 Å². The SMILES string of the molecule is N#Cc1ccc2[nH]cc(C(=O)c3ccccc3)c2c1. The van der Waals surface area contributed by atoms with Gasteiger partial charge in [-0.25, -0.2) is 0 Å². The summed E-state index contributed by atoms with van der Waals surface area (Å²) in [6, 6.07) is 16.5. The van der Waals surface area contributed by atoms with Crippen molar-refractivity contribution in [2.45, 2.75) is 0 Å². The molecule has 0 aliphatic carbocycles. The molecule has 0 amide bonds. The molecule has 1 N–H and O–H groups in total. The van der Waals surface area contributed by atoms with Crippen molar-refractivity contribution in [1.82, 2.24) is 4.98 Å². The lowest BCUT2D eigenvalue weighted by Crippen LogP contribution is -1.99. The second kappa shape index (κ2) is 4.43. The Hall–Kier alpha value is -2.86. The summed E-state index contributed by atoms with van der Waals surface area (Å²) in [7, 11) is 0. The zero-order valence-corrected chi connectivity index (χ0v) is 10.1. The molecule has 1 heterocycles. The first-order chi connectivity index (χ1) is 9.29. The van der Waals surface area contributed by atoms with E-state index in [9.17, 15) is 4.79 Å². The highest BCUT2D eigenvalue weighted by Gasteiger charge is 2.14. The quantitative estimate of drug-likeness (QED) is 0.705. The van der Waals surface area contributed by atoms with Crippen LogP contribution >= 0.6 is 0 Å². The molecule has 19 heavy (non-hydrogen) atoms. The minimum atomic E-state index is -0.0399. The summed E-state index contributed by atoms with van der Waals surface area (Å²) in [5.74, 6) is -0.0399. The Balaban J connectivity index is 2.16. The van der Waals surface area contributed by atoms with Crippen molar-refractivity contribution in [2.24, 2.45) is 0 Å². The molecule has 0 aliphatic heterocycles. The van der Waals surface area contributed by atoms with Gasteiger partial charge in [-0.2, -0.15) is 5.26 Å². The van der Waals surface area contributed by atoms with Crippen LogP contribution in [0.5, 0.6) is 0 Å². The molecule has 0 spiro atoms. The average Bonchev–Trinajstić information content (AvgIpc) is 2.90. The van der Waals surface area contributed by atoms with Crippen molar-refractivity contribution in [2.75, 3.05) is 0 Å². The van der Waals surface area contributed by atoms with Crippen LogP contribution in [0.2, 0.25) is 0 Å². The Kier molecular flexibility index (Phi) is 2.62. The standard InChI is InChI=1S/C16H10N2O/c17-9-11-6-7-15-13(8-11)14(10-18-15)16(19)12-4-2-1-3-5-12/h1-8,10,18H. The predicted octanol–water partition coefficient (Wildman–Crippen LogP) is 3.27. The number of benzene rings is 2. The van der Waals surface area contributed by atoms with E-state index < -0.39 is 0 Å². The molecule has 0 atom stereocenters. The zero-order chi connectivity index (χ0) is 13.2. The zero-order valence-electron chi connectivity index (χ0n) is 10.1. The van der Waals surface area contributed by atoms with Gasteiger partial charge in [-0.05, 0) is 18.2 Å². The molecule has 0 unspecified atom stereocenters. The van der Waals surface area contributed by atoms with Gasteiger partial charge < -0.3 is 4.98 Å². The van der Waals surface area contributed by atoms with E-state index in [1.54, 1.807) is 30.5 Å². The van der Waals surface area contributed by atoms with Crippen LogP contribution in [0.25, 0.3) is 10.9 Å². The largest absolute Gasteiger partial charge is 0.360 e. The Morgan fingerprint density at radius 2 is 1.89 bits per heavy atom. The third-order valence-corrected chi connectivity index (χ3v) is 3.09. The Labute approximate surface area is 110 Å². The summed E-state index contributed by atoms with van der Waals surface area (Å²) in [5.41, 5.74) is 2.65. The summed E-state index contributed by atoms with van der Waals surface area (Å²) in [5, 5.41) is 9.72. The van der Waals surface area contributed by atoms with Gasteiger partial charge in [0.25, 0.3) is 0 Å². The first-order valence-electron chi connectivity index (χ1n) is 5.90. The third kappa shape index (κ3) is 1.90. The van der Waals surface area contributed by atoms with Crippen LogP contribution in [-0.4, -0.2) is 10.8 Å². The van der Waals surface area contributed by atoms with Gasteiger partial charge in [0.2, 0.25) is 0 Å². The van der Waals surface area contributed by atoms with E-state index in [-0.39, 0.29) is 5.78 Å². The molecule has 3 aromatic rings. The molecule has 3 nitrogen and oxygen atoms in total. The number of carbonyl (C=O) groups excluding carboxylic acids is 1. The minimum Gasteiger partial charge on any atom is -0.360 e. The Morgan fingerprint density at radius 3 is 2.63 bits per heavy atom. The van der Waals surface area contributed by atoms with Gasteiger partial charge in [0, 0.05) is 28.2 Å². The van der Waals surface area contributed by atoms with E-state index in [4.69, 9.17) is 5.26 Å². The van der Waals surface area contributed by atoms with Crippen molar-refractivity contribution in [3.63, 3.8) is 0 Å². The fraction of sp³-hybridized carbons (Fsp3) is 0. The van der Waals surface area contributed by atoms with Gasteiger partial charge >= 0.3 is 0 Å². The molecule has 0 fully saturated rings. The topological polar surface area (TPSA) is 56.6 Å². The third-order valence-electron chi connectivity index (χ3n) is 3.09. The smallest absolute Gasteiger partial charge is 0.195 e. The predicted molar refractivity (Wildman–Crippen MR) is 72.9 cm³/mol. The van der Waals surface area contributed by atoms with Crippen molar-refractivity contribution in [1.29, 1.82) is 5.26 Å². The first-order valence-corrected chi connectivity index (χ1v) is 5.90. The van der Waals surface area contributed by atoms with Gasteiger partial charge in [0.1, 0.15) is 0 Å². The maximum Gasteiger partial charge on any atom is 0.195 e. The van der Waals surface area contributed by atoms with Crippen LogP contribution in [0, 0.1) is 11.3 Å². The average molecular weight is 246 g/mol. The van der Waals surface area contributed by atoms with Crippen LogP contribution in [-0.2, 0) is 0 Å². The molecule has 0 radical (unpaired) electrons. The van der Waals surface area contributed by atoms with Crippen molar-refractivity contribution in [3.8, 4) is 6.07 Å². The number of rotatable bonds is 2. The van der Waals surface area contributed by atoms with Gasteiger partial charge in [-0.3, -0.25) is 4.79 Å². The second-order valence-electron chi connectivity index (χ2n) is 4.27. The van der Waals surface area contributed by atoms with Crippen molar-refractivity contribution >= 4 is 16.7 Å². The molecule has 1 aromatic heterocycles. The van der Waals surface area contributed by atoms with E-state index in [1.807, 2.05) is 24.3 Å². The molecule has 0 saturated heterocycles. The molecule has 2 aromatic carbocycles. The highest BCUT2D eigenvalue weighted by Crippen LogP contribution is 2.22. The van der Waals surface area contributed by atoms with Crippen LogP contribution in [0.1, 0.15) is 21.5 Å². The van der Waals surface area contributed by atoms with Crippen LogP contribution < -0.4 is 0 Å². The number of aromatic nitrogens is 1. The Morgan fingerprint density at radius 1 is 1.11 bits per heavy atom. The first kappa shape index (κ1) is 11.2. The highest BCUT2D eigenvalue weighted by molar-refractivity contribution is 6.16.